The van der Waals surface area contributed by atoms with Crippen LogP contribution >= 0.6 is 11.6 Å². The predicted octanol–water partition coefficient (Wildman–Crippen LogP) is 3.04. The van der Waals surface area contributed by atoms with Gasteiger partial charge in [-0.25, -0.2) is 0 Å². The van der Waals surface area contributed by atoms with E-state index in [9.17, 15) is 4.79 Å². The Hall–Kier alpha value is -1.26. The smallest absolute Gasteiger partial charge is 0.222 e. The molecule has 2 aliphatic rings. The maximum Gasteiger partial charge on any atom is 0.222 e. The molecule has 1 saturated carbocycles. The second kappa shape index (κ2) is 6.70. The van der Waals surface area contributed by atoms with Gasteiger partial charge in [0.05, 0.1) is 12.1 Å². The maximum absolute atomic E-state index is 11.9. The Balaban J connectivity index is 1.63. The standard InChI is InChI=1S/C18H25ClN2O2/c1-20(10-12-4-5-16(19)17(6-12)23-3)15-7-13-9-18(22)21(2)11-14(13)8-15/h4-6,13-15H,7-11H2,1-3H3/t13-,14+,15-/m0/s1. The lowest BCUT2D eigenvalue weighted by Crippen LogP contribution is -2.39. The number of hydrogen-bond donors (Lipinski definition) is 0. The van der Waals surface area contributed by atoms with Gasteiger partial charge in [0.25, 0.3) is 0 Å². The molecule has 1 aliphatic heterocycles. The minimum atomic E-state index is 0.303. The van der Waals surface area contributed by atoms with E-state index >= 15 is 0 Å². The Kier molecular flexibility index (Phi) is 4.83. The molecule has 4 nitrogen and oxygen atoms in total. The molecule has 126 valence electrons. The van der Waals surface area contributed by atoms with Crippen LogP contribution in [-0.2, 0) is 11.3 Å². The summed E-state index contributed by atoms with van der Waals surface area (Å²) < 4.78 is 5.30. The Morgan fingerprint density at radius 3 is 2.83 bits per heavy atom. The molecule has 1 amide bonds. The highest BCUT2D eigenvalue weighted by Gasteiger charge is 2.41. The van der Waals surface area contributed by atoms with Crippen molar-refractivity contribution in [2.75, 3.05) is 27.7 Å². The maximum atomic E-state index is 11.9. The van der Waals surface area contributed by atoms with Crippen LogP contribution in [-0.4, -0.2) is 49.5 Å². The van der Waals surface area contributed by atoms with E-state index in [-0.39, 0.29) is 0 Å². The van der Waals surface area contributed by atoms with E-state index in [0.717, 1.165) is 31.7 Å². The van der Waals surface area contributed by atoms with E-state index in [0.29, 0.717) is 28.8 Å². The van der Waals surface area contributed by atoms with Gasteiger partial charge in [-0.05, 0) is 49.4 Å². The topological polar surface area (TPSA) is 32.8 Å². The normalized spacial score (nSPS) is 27.4. The molecular formula is C18H25ClN2O2. The summed E-state index contributed by atoms with van der Waals surface area (Å²) in [6, 6.07) is 6.51. The summed E-state index contributed by atoms with van der Waals surface area (Å²) in [4.78, 5) is 16.2. The zero-order chi connectivity index (χ0) is 16.6. The predicted molar refractivity (Wildman–Crippen MR) is 91.7 cm³/mol. The van der Waals surface area contributed by atoms with Crippen LogP contribution in [0.1, 0.15) is 24.8 Å². The number of hydrogen-bond acceptors (Lipinski definition) is 3. The van der Waals surface area contributed by atoms with Gasteiger partial charge in [0.1, 0.15) is 5.75 Å². The summed E-state index contributed by atoms with van der Waals surface area (Å²) in [6.07, 6.45) is 3.04. The molecule has 0 bridgehead atoms. The zero-order valence-electron chi connectivity index (χ0n) is 14.1. The molecule has 1 saturated heterocycles. The number of piperidine rings is 1. The van der Waals surface area contributed by atoms with Crippen molar-refractivity contribution >= 4 is 17.5 Å². The molecule has 3 rings (SSSR count). The second-order valence-corrected chi connectivity index (χ2v) is 7.41. The zero-order valence-corrected chi connectivity index (χ0v) is 14.8. The summed E-state index contributed by atoms with van der Waals surface area (Å²) in [5.74, 6) is 2.25. The van der Waals surface area contributed by atoms with Crippen molar-refractivity contribution in [1.82, 2.24) is 9.80 Å². The third-order valence-corrected chi connectivity index (χ3v) is 5.77. The minimum absolute atomic E-state index is 0.303. The SMILES string of the molecule is COc1cc(CN(C)[C@H]2C[C@H]3CC(=O)N(C)C[C@H]3C2)ccc1Cl. The van der Waals surface area contributed by atoms with Crippen LogP contribution < -0.4 is 4.74 Å². The van der Waals surface area contributed by atoms with Crippen molar-refractivity contribution in [2.45, 2.75) is 31.8 Å². The first-order chi connectivity index (χ1) is 11.0. The van der Waals surface area contributed by atoms with E-state index in [1.165, 1.54) is 12.0 Å². The summed E-state index contributed by atoms with van der Waals surface area (Å²) in [7, 11) is 5.74. The number of likely N-dealkylation sites (tertiary alicyclic amines) is 1. The molecule has 0 spiro atoms. The van der Waals surface area contributed by atoms with Crippen molar-refractivity contribution in [3.05, 3.63) is 28.8 Å². The average molecular weight is 337 g/mol. The van der Waals surface area contributed by atoms with Crippen LogP contribution in [0.15, 0.2) is 18.2 Å². The summed E-state index contributed by atoms with van der Waals surface area (Å²) in [5.41, 5.74) is 1.21. The Bertz CT molecular complexity index is 592. The number of carbonyl (C=O) groups excluding carboxylic acids is 1. The van der Waals surface area contributed by atoms with Crippen molar-refractivity contribution in [2.24, 2.45) is 11.8 Å². The quantitative estimate of drug-likeness (QED) is 0.847. The molecule has 0 unspecified atom stereocenters. The monoisotopic (exact) mass is 336 g/mol. The van der Waals surface area contributed by atoms with Gasteiger partial charge in [0, 0.05) is 32.6 Å². The van der Waals surface area contributed by atoms with Crippen LogP contribution in [0.4, 0.5) is 0 Å². The third kappa shape index (κ3) is 3.48. The third-order valence-electron chi connectivity index (χ3n) is 5.46. The molecule has 0 aromatic heterocycles. The molecule has 1 aromatic carbocycles. The molecular weight excluding hydrogens is 312 g/mol. The van der Waals surface area contributed by atoms with Crippen LogP contribution in [0.5, 0.6) is 5.75 Å². The molecule has 0 N–H and O–H groups in total. The summed E-state index contributed by atoms with van der Waals surface area (Å²) in [6.45, 7) is 1.80. The van der Waals surface area contributed by atoms with Crippen LogP contribution in [0, 0.1) is 11.8 Å². The first kappa shape index (κ1) is 16.6. The minimum Gasteiger partial charge on any atom is -0.495 e. The summed E-state index contributed by atoms with van der Waals surface area (Å²) >= 11 is 6.09. The van der Waals surface area contributed by atoms with Gasteiger partial charge in [0.15, 0.2) is 0 Å². The Morgan fingerprint density at radius 1 is 1.35 bits per heavy atom. The van der Waals surface area contributed by atoms with Gasteiger partial charge in [-0.2, -0.15) is 0 Å². The van der Waals surface area contributed by atoms with E-state index < -0.39 is 0 Å². The number of amides is 1. The fourth-order valence-corrected chi connectivity index (χ4v) is 4.26. The molecule has 1 heterocycles. The largest absolute Gasteiger partial charge is 0.495 e. The van der Waals surface area contributed by atoms with E-state index in [1.807, 2.05) is 24.1 Å². The van der Waals surface area contributed by atoms with Crippen molar-refractivity contribution in [3.8, 4) is 5.75 Å². The number of rotatable bonds is 4. The van der Waals surface area contributed by atoms with Crippen LogP contribution in [0.2, 0.25) is 5.02 Å². The highest BCUT2D eigenvalue weighted by Crippen LogP contribution is 2.40. The highest BCUT2D eigenvalue weighted by atomic mass is 35.5. The van der Waals surface area contributed by atoms with E-state index in [1.54, 1.807) is 7.11 Å². The van der Waals surface area contributed by atoms with Crippen LogP contribution in [0.3, 0.4) is 0 Å². The second-order valence-electron chi connectivity index (χ2n) is 7.01. The molecule has 0 radical (unpaired) electrons. The number of methoxy groups -OCH3 is 1. The first-order valence-corrected chi connectivity index (χ1v) is 8.62. The molecule has 1 aromatic rings. The van der Waals surface area contributed by atoms with Gasteiger partial charge in [-0.3, -0.25) is 9.69 Å². The first-order valence-electron chi connectivity index (χ1n) is 8.24. The molecule has 3 atom stereocenters. The van der Waals surface area contributed by atoms with Crippen molar-refractivity contribution < 1.29 is 9.53 Å². The van der Waals surface area contributed by atoms with Gasteiger partial charge in [0.2, 0.25) is 5.91 Å². The number of carbonyl (C=O) groups is 1. The lowest BCUT2D eigenvalue weighted by molar-refractivity contribution is -0.134. The summed E-state index contributed by atoms with van der Waals surface area (Å²) in [5, 5.41) is 0.646. The number of nitrogens with zero attached hydrogens (tertiary/aromatic N) is 2. The Morgan fingerprint density at radius 2 is 2.09 bits per heavy atom. The fraction of sp³-hybridized carbons (Fsp3) is 0.611. The molecule has 2 fully saturated rings. The van der Waals surface area contributed by atoms with Gasteiger partial charge in [-0.15, -0.1) is 0 Å². The number of ether oxygens (including phenoxy) is 1. The van der Waals surface area contributed by atoms with Crippen molar-refractivity contribution in [1.29, 1.82) is 0 Å². The van der Waals surface area contributed by atoms with Gasteiger partial charge in [-0.1, -0.05) is 17.7 Å². The Labute approximate surface area is 143 Å². The highest BCUT2D eigenvalue weighted by molar-refractivity contribution is 6.32. The average Bonchev–Trinajstić information content (AvgIpc) is 2.92. The molecule has 23 heavy (non-hydrogen) atoms. The van der Waals surface area contributed by atoms with E-state index in [2.05, 4.69) is 18.0 Å². The number of fused-ring (bicyclic) bond motifs is 1. The van der Waals surface area contributed by atoms with Gasteiger partial charge >= 0.3 is 0 Å². The number of benzene rings is 1. The fourth-order valence-electron chi connectivity index (χ4n) is 4.07. The van der Waals surface area contributed by atoms with Gasteiger partial charge < -0.3 is 9.64 Å². The molecule has 1 aliphatic carbocycles. The number of halogens is 1. The van der Waals surface area contributed by atoms with E-state index in [4.69, 9.17) is 16.3 Å². The lowest BCUT2D eigenvalue weighted by atomic mass is 9.88. The van der Waals surface area contributed by atoms with Crippen LogP contribution in [0.25, 0.3) is 0 Å². The molecule has 5 heteroatoms. The lowest BCUT2D eigenvalue weighted by Gasteiger charge is -2.31. The van der Waals surface area contributed by atoms with Crippen molar-refractivity contribution in [3.63, 3.8) is 0 Å².